The Hall–Kier alpha value is -1.25. The third-order valence-corrected chi connectivity index (χ3v) is 6.11. The molecular weight excluding hydrogens is 360 g/mol. The van der Waals surface area contributed by atoms with Gasteiger partial charge in [-0.3, -0.25) is 14.5 Å². The third-order valence-electron chi connectivity index (χ3n) is 3.74. The van der Waals surface area contributed by atoms with Crippen LogP contribution in [-0.4, -0.2) is 48.6 Å². The van der Waals surface area contributed by atoms with Crippen molar-refractivity contribution in [3.8, 4) is 0 Å². The van der Waals surface area contributed by atoms with Gasteiger partial charge in [0.1, 0.15) is 0 Å². The Kier molecular flexibility index (Phi) is 3.62. The lowest BCUT2D eigenvalue weighted by Gasteiger charge is -2.41. The summed E-state index contributed by atoms with van der Waals surface area (Å²) < 4.78 is 26.8. The van der Waals surface area contributed by atoms with E-state index in [4.69, 9.17) is 0 Å². The zero-order valence-electron chi connectivity index (χ0n) is 11.0. The minimum absolute atomic E-state index is 0.176. The van der Waals surface area contributed by atoms with Crippen LogP contribution in [0.1, 0.15) is 12.8 Å². The number of carbonyl (C=O) groups is 2. The minimum atomic E-state index is -3.55. The van der Waals surface area contributed by atoms with Gasteiger partial charge in [0.05, 0.1) is 10.9 Å². The second kappa shape index (κ2) is 5.19. The summed E-state index contributed by atoms with van der Waals surface area (Å²) in [6, 6.07) is 6.06. The molecule has 112 valence electrons. The number of hydrogen-bond donors (Lipinski definition) is 0. The Labute approximate surface area is 130 Å². The van der Waals surface area contributed by atoms with E-state index >= 15 is 0 Å². The second-order valence-electron chi connectivity index (χ2n) is 5.09. The van der Waals surface area contributed by atoms with E-state index < -0.39 is 10.0 Å². The number of sulfonamides is 1. The topological polar surface area (TPSA) is 74.8 Å². The Balaban J connectivity index is 1.72. The molecule has 1 aromatic carbocycles. The standard InChI is InChI=1S/C13H13BrN2O4S/c14-9-1-3-11(4-2-9)21(19,20)15-7-10(8-15)16-12(17)5-6-13(16)18/h1-4,10H,5-8H2. The van der Waals surface area contributed by atoms with E-state index in [-0.39, 0.29) is 48.7 Å². The van der Waals surface area contributed by atoms with Gasteiger partial charge in [-0.15, -0.1) is 0 Å². The van der Waals surface area contributed by atoms with E-state index in [9.17, 15) is 18.0 Å². The Morgan fingerprint density at radius 3 is 2.05 bits per heavy atom. The molecular formula is C13H13BrN2O4S. The van der Waals surface area contributed by atoms with Crippen molar-refractivity contribution >= 4 is 37.8 Å². The third kappa shape index (κ3) is 2.51. The fourth-order valence-corrected chi connectivity index (χ4v) is 4.31. The first kappa shape index (κ1) is 14.7. The molecule has 0 unspecified atom stereocenters. The number of amides is 2. The summed E-state index contributed by atoms with van der Waals surface area (Å²) in [5.74, 6) is -0.406. The van der Waals surface area contributed by atoms with Gasteiger partial charge in [0.15, 0.2) is 0 Å². The molecule has 0 N–H and O–H groups in total. The number of carbonyl (C=O) groups excluding carboxylic acids is 2. The summed E-state index contributed by atoms with van der Waals surface area (Å²) in [6.45, 7) is 0.353. The highest BCUT2D eigenvalue weighted by atomic mass is 79.9. The van der Waals surface area contributed by atoms with E-state index in [2.05, 4.69) is 15.9 Å². The van der Waals surface area contributed by atoms with Crippen molar-refractivity contribution < 1.29 is 18.0 Å². The first-order chi connectivity index (χ1) is 9.89. The van der Waals surface area contributed by atoms with Crippen molar-refractivity contribution in [3.05, 3.63) is 28.7 Å². The lowest BCUT2D eigenvalue weighted by molar-refractivity contribution is -0.143. The summed E-state index contributed by atoms with van der Waals surface area (Å²) in [5.41, 5.74) is 0. The fraction of sp³-hybridized carbons (Fsp3) is 0.385. The molecule has 0 saturated carbocycles. The normalized spacial score (nSPS) is 20.9. The molecule has 0 radical (unpaired) electrons. The fourth-order valence-electron chi connectivity index (χ4n) is 2.53. The Morgan fingerprint density at radius 2 is 1.52 bits per heavy atom. The number of likely N-dealkylation sites (tertiary alicyclic amines) is 1. The van der Waals surface area contributed by atoms with Crippen LogP contribution in [-0.2, 0) is 19.6 Å². The summed E-state index contributed by atoms with van der Waals surface area (Å²) >= 11 is 3.26. The largest absolute Gasteiger partial charge is 0.277 e. The molecule has 0 aliphatic carbocycles. The molecule has 2 aliphatic rings. The summed E-state index contributed by atoms with van der Waals surface area (Å²) in [4.78, 5) is 24.7. The van der Waals surface area contributed by atoms with Crippen LogP contribution in [0.5, 0.6) is 0 Å². The molecule has 1 aromatic rings. The zero-order chi connectivity index (χ0) is 15.2. The number of halogens is 1. The van der Waals surface area contributed by atoms with Gasteiger partial charge in [0.25, 0.3) is 0 Å². The molecule has 2 saturated heterocycles. The van der Waals surface area contributed by atoms with Crippen molar-refractivity contribution in [2.75, 3.05) is 13.1 Å². The molecule has 21 heavy (non-hydrogen) atoms. The zero-order valence-corrected chi connectivity index (χ0v) is 13.4. The van der Waals surface area contributed by atoms with Crippen LogP contribution in [0.25, 0.3) is 0 Å². The van der Waals surface area contributed by atoms with Crippen LogP contribution < -0.4 is 0 Å². The highest BCUT2D eigenvalue weighted by molar-refractivity contribution is 9.10. The highest BCUT2D eigenvalue weighted by Gasteiger charge is 2.45. The van der Waals surface area contributed by atoms with Gasteiger partial charge in [-0.05, 0) is 24.3 Å². The molecule has 2 heterocycles. The molecule has 0 bridgehead atoms. The van der Waals surface area contributed by atoms with Crippen LogP contribution in [0, 0.1) is 0 Å². The van der Waals surface area contributed by atoms with E-state index in [0.29, 0.717) is 0 Å². The van der Waals surface area contributed by atoms with Gasteiger partial charge in [0, 0.05) is 30.4 Å². The Morgan fingerprint density at radius 1 is 1.00 bits per heavy atom. The van der Waals surface area contributed by atoms with Gasteiger partial charge in [-0.1, -0.05) is 15.9 Å². The summed E-state index contributed by atoms with van der Waals surface area (Å²) in [6.07, 6.45) is 0.462. The predicted molar refractivity (Wildman–Crippen MR) is 77.8 cm³/mol. The summed E-state index contributed by atoms with van der Waals surface area (Å²) in [7, 11) is -3.55. The molecule has 0 atom stereocenters. The SMILES string of the molecule is O=C1CCC(=O)N1C1CN(S(=O)(=O)c2ccc(Br)cc2)C1. The van der Waals surface area contributed by atoms with Crippen molar-refractivity contribution in [3.63, 3.8) is 0 Å². The molecule has 0 spiro atoms. The molecule has 2 aliphatic heterocycles. The maximum Gasteiger partial charge on any atom is 0.243 e. The van der Waals surface area contributed by atoms with Crippen LogP contribution in [0.3, 0.4) is 0 Å². The lowest BCUT2D eigenvalue weighted by atomic mass is 10.1. The highest BCUT2D eigenvalue weighted by Crippen LogP contribution is 2.28. The van der Waals surface area contributed by atoms with E-state index in [1.807, 2.05) is 0 Å². The maximum atomic E-state index is 12.4. The van der Waals surface area contributed by atoms with E-state index in [0.717, 1.165) is 4.47 Å². The molecule has 6 nitrogen and oxygen atoms in total. The maximum absolute atomic E-state index is 12.4. The van der Waals surface area contributed by atoms with E-state index in [1.165, 1.54) is 21.3 Å². The number of benzene rings is 1. The molecule has 2 fully saturated rings. The van der Waals surface area contributed by atoms with Crippen LogP contribution in [0.2, 0.25) is 0 Å². The average molecular weight is 373 g/mol. The first-order valence-corrected chi connectivity index (χ1v) is 8.73. The molecule has 2 amide bonds. The van der Waals surface area contributed by atoms with Gasteiger partial charge >= 0.3 is 0 Å². The van der Waals surface area contributed by atoms with Crippen molar-refractivity contribution in [2.45, 2.75) is 23.8 Å². The van der Waals surface area contributed by atoms with Gasteiger partial charge < -0.3 is 0 Å². The second-order valence-corrected chi connectivity index (χ2v) is 7.94. The van der Waals surface area contributed by atoms with Gasteiger partial charge in [-0.2, -0.15) is 4.31 Å². The van der Waals surface area contributed by atoms with Crippen molar-refractivity contribution in [2.24, 2.45) is 0 Å². The molecule has 3 rings (SSSR count). The van der Waals surface area contributed by atoms with Gasteiger partial charge in [0.2, 0.25) is 21.8 Å². The number of rotatable bonds is 3. The van der Waals surface area contributed by atoms with Crippen LogP contribution >= 0.6 is 15.9 Å². The minimum Gasteiger partial charge on any atom is -0.277 e. The van der Waals surface area contributed by atoms with Crippen molar-refractivity contribution in [1.82, 2.24) is 9.21 Å². The van der Waals surface area contributed by atoms with Gasteiger partial charge in [-0.25, -0.2) is 8.42 Å². The predicted octanol–water partition coefficient (Wildman–Crippen LogP) is 0.971. The smallest absolute Gasteiger partial charge is 0.243 e. The van der Waals surface area contributed by atoms with Crippen LogP contribution in [0.15, 0.2) is 33.6 Å². The summed E-state index contributed by atoms with van der Waals surface area (Å²) in [5, 5.41) is 0. The average Bonchev–Trinajstić information content (AvgIpc) is 2.69. The van der Waals surface area contributed by atoms with Crippen LogP contribution in [0.4, 0.5) is 0 Å². The Bertz CT molecular complexity index is 679. The number of nitrogens with zero attached hydrogens (tertiary/aromatic N) is 2. The monoisotopic (exact) mass is 372 g/mol. The molecule has 8 heteroatoms. The lowest BCUT2D eigenvalue weighted by Crippen LogP contribution is -2.62. The number of hydrogen-bond acceptors (Lipinski definition) is 4. The quantitative estimate of drug-likeness (QED) is 0.741. The van der Waals surface area contributed by atoms with E-state index in [1.54, 1.807) is 12.1 Å². The number of imide groups is 1. The first-order valence-electron chi connectivity index (χ1n) is 6.50. The molecule has 0 aromatic heterocycles. The van der Waals surface area contributed by atoms with Crippen molar-refractivity contribution in [1.29, 1.82) is 0 Å².